The first-order valence-electron chi connectivity index (χ1n) is 5.53. The third-order valence-electron chi connectivity index (χ3n) is 1.87. The molecule has 1 rings (SSSR count). The first-order valence-corrected chi connectivity index (χ1v) is 5.53. The van der Waals surface area contributed by atoms with Crippen molar-refractivity contribution in [3.8, 4) is 11.5 Å². The molecule has 1 radical (unpaired) electrons. The van der Waals surface area contributed by atoms with Gasteiger partial charge in [0.15, 0.2) is 0 Å². The predicted molar refractivity (Wildman–Crippen MR) is 61.4 cm³/mol. The zero-order chi connectivity index (χ0) is 11.1. The largest absolute Gasteiger partial charge is 0.493 e. The molecular formula is C13H19O2. The lowest BCUT2D eigenvalue weighted by atomic mass is 10.3. The fourth-order valence-corrected chi connectivity index (χ4v) is 1.19. The summed E-state index contributed by atoms with van der Waals surface area (Å²) in [5.74, 6) is 1.65. The lowest BCUT2D eigenvalue weighted by Crippen LogP contribution is -2.05. The van der Waals surface area contributed by atoms with E-state index in [0.717, 1.165) is 30.9 Å². The van der Waals surface area contributed by atoms with Crippen LogP contribution in [0.4, 0.5) is 0 Å². The van der Waals surface area contributed by atoms with Crippen molar-refractivity contribution in [1.82, 2.24) is 0 Å². The SMILES string of the molecule is CCCCOc1c[c]cc(OC(C)C)c1. The molecule has 0 heterocycles. The number of benzene rings is 1. The van der Waals surface area contributed by atoms with E-state index in [2.05, 4.69) is 13.0 Å². The number of hydrogen-bond acceptors (Lipinski definition) is 2. The van der Waals surface area contributed by atoms with Gasteiger partial charge in [-0.25, -0.2) is 0 Å². The van der Waals surface area contributed by atoms with Gasteiger partial charge in [-0.2, -0.15) is 0 Å². The van der Waals surface area contributed by atoms with Crippen molar-refractivity contribution in [3.63, 3.8) is 0 Å². The molecule has 0 atom stereocenters. The minimum atomic E-state index is 0.185. The molecule has 0 saturated carbocycles. The maximum atomic E-state index is 5.56. The van der Waals surface area contributed by atoms with Crippen LogP contribution >= 0.6 is 0 Å². The molecule has 0 spiro atoms. The van der Waals surface area contributed by atoms with Crippen molar-refractivity contribution in [2.75, 3.05) is 6.61 Å². The highest BCUT2D eigenvalue weighted by atomic mass is 16.5. The van der Waals surface area contributed by atoms with Crippen LogP contribution in [0.5, 0.6) is 11.5 Å². The lowest BCUT2D eigenvalue weighted by Gasteiger charge is -2.11. The van der Waals surface area contributed by atoms with Crippen LogP contribution in [-0.4, -0.2) is 12.7 Å². The quantitative estimate of drug-likeness (QED) is 0.665. The van der Waals surface area contributed by atoms with Gasteiger partial charge in [-0.15, -0.1) is 0 Å². The van der Waals surface area contributed by atoms with Crippen molar-refractivity contribution >= 4 is 0 Å². The molecule has 0 aliphatic heterocycles. The van der Waals surface area contributed by atoms with Crippen molar-refractivity contribution in [2.24, 2.45) is 0 Å². The Labute approximate surface area is 92.2 Å². The van der Waals surface area contributed by atoms with Gasteiger partial charge in [0.25, 0.3) is 0 Å². The Kier molecular flexibility index (Phi) is 5.02. The molecule has 0 N–H and O–H groups in total. The van der Waals surface area contributed by atoms with E-state index in [4.69, 9.17) is 9.47 Å². The van der Waals surface area contributed by atoms with Gasteiger partial charge in [0.1, 0.15) is 11.5 Å². The standard InChI is InChI=1S/C13H19O2/c1-4-5-9-14-12-7-6-8-13(10-12)15-11(2)3/h7-8,10-11H,4-5,9H2,1-3H3. The predicted octanol–water partition coefficient (Wildman–Crippen LogP) is 3.45. The second-order valence-electron chi connectivity index (χ2n) is 3.77. The van der Waals surface area contributed by atoms with Gasteiger partial charge in [-0.05, 0) is 38.5 Å². The lowest BCUT2D eigenvalue weighted by molar-refractivity contribution is 0.239. The molecule has 1 aromatic rings. The molecule has 0 aliphatic rings. The summed E-state index contributed by atoms with van der Waals surface area (Å²) >= 11 is 0. The summed E-state index contributed by atoms with van der Waals surface area (Å²) in [6, 6.07) is 8.58. The Bertz CT molecular complexity index is 282. The molecule has 0 amide bonds. The number of unbranched alkanes of at least 4 members (excludes halogenated alkanes) is 1. The van der Waals surface area contributed by atoms with Crippen molar-refractivity contribution in [1.29, 1.82) is 0 Å². The number of hydrogen-bond donors (Lipinski definition) is 0. The van der Waals surface area contributed by atoms with Gasteiger partial charge in [0.05, 0.1) is 12.7 Å². The zero-order valence-corrected chi connectivity index (χ0v) is 9.75. The minimum absolute atomic E-state index is 0.185. The highest BCUT2D eigenvalue weighted by Crippen LogP contribution is 2.20. The summed E-state index contributed by atoms with van der Waals surface area (Å²) < 4.78 is 11.1. The Balaban J connectivity index is 2.50. The number of ether oxygens (including phenoxy) is 2. The normalized spacial score (nSPS) is 10.4. The fourth-order valence-electron chi connectivity index (χ4n) is 1.19. The van der Waals surface area contributed by atoms with E-state index in [0.29, 0.717) is 0 Å². The minimum Gasteiger partial charge on any atom is -0.493 e. The van der Waals surface area contributed by atoms with Crippen LogP contribution in [0.3, 0.4) is 0 Å². The molecule has 2 heteroatoms. The molecule has 0 aromatic heterocycles. The molecule has 0 aliphatic carbocycles. The van der Waals surface area contributed by atoms with E-state index >= 15 is 0 Å². The molecule has 2 nitrogen and oxygen atoms in total. The van der Waals surface area contributed by atoms with Crippen molar-refractivity contribution < 1.29 is 9.47 Å². The van der Waals surface area contributed by atoms with E-state index < -0.39 is 0 Å². The van der Waals surface area contributed by atoms with Gasteiger partial charge >= 0.3 is 0 Å². The average Bonchev–Trinajstić information content (AvgIpc) is 2.18. The second kappa shape index (κ2) is 6.33. The van der Waals surface area contributed by atoms with Crippen LogP contribution < -0.4 is 9.47 Å². The van der Waals surface area contributed by atoms with Crippen LogP contribution in [0.1, 0.15) is 33.6 Å². The third-order valence-corrected chi connectivity index (χ3v) is 1.87. The van der Waals surface area contributed by atoms with E-state index in [1.54, 1.807) is 0 Å². The Morgan fingerprint density at radius 3 is 2.67 bits per heavy atom. The topological polar surface area (TPSA) is 18.5 Å². The van der Waals surface area contributed by atoms with Gasteiger partial charge in [0, 0.05) is 6.07 Å². The first-order chi connectivity index (χ1) is 7.22. The Morgan fingerprint density at radius 2 is 2.00 bits per heavy atom. The monoisotopic (exact) mass is 207 g/mol. The highest BCUT2D eigenvalue weighted by molar-refractivity contribution is 5.32. The Morgan fingerprint density at radius 1 is 1.27 bits per heavy atom. The molecule has 15 heavy (non-hydrogen) atoms. The molecule has 0 bridgehead atoms. The molecule has 1 aromatic carbocycles. The van der Waals surface area contributed by atoms with Crippen LogP contribution in [0.2, 0.25) is 0 Å². The van der Waals surface area contributed by atoms with Crippen LogP contribution in [0.25, 0.3) is 0 Å². The van der Waals surface area contributed by atoms with Crippen molar-refractivity contribution in [2.45, 2.75) is 39.7 Å². The van der Waals surface area contributed by atoms with E-state index in [-0.39, 0.29) is 6.10 Å². The maximum Gasteiger partial charge on any atom is 0.123 e. The average molecular weight is 207 g/mol. The summed E-state index contributed by atoms with van der Waals surface area (Å²) in [6.07, 6.45) is 2.41. The molecule has 83 valence electrons. The van der Waals surface area contributed by atoms with Crippen LogP contribution in [0.15, 0.2) is 18.2 Å². The zero-order valence-electron chi connectivity index (χ0n) is 9.75. The summed E-state index contributed by atoms with van der Waals surface area (Å²) in [5, 5.41) is 0. The summed E-state index contributed by atoms with van der Waals surface area (Å²) in [7, 11) is 0. The van der Waals surface area contributed by atoms with Gasteiger partial charge < -0.3 is 9.47 Å². The smallest absolute Gasteiger partial charge is 0.123 e. The second-order valence-corrected chi connectivity index (χ2v) is 3.77. The van der Waals surface area contributed by atoms with Crippen LogP contribution in [-0.2, 0) is 0 Å². The molecule has 0 unspecified atom stereocenters. The summed E-state index contributed by atoms with van der Waals surface area (Å²) in [4.78, 5) is 0. The molecular weight excluding hydrogens is 188 g/mol. The van der Waals surface area contributed by atoms with E-state index in [1.807, 2.05) is 32.0 Å². The maximum absolute atomic E-state index is 5.56. The third kappa shape index (κ3) is 4.73. The van der Waals surface area contributed by atoms with E-state index in [1.165, 1.54) is 0 Å². The highest BCUT2D eigenvalue weighted by Gasteiger charge is 1.99. The first kappa shape index (κ1) is 11.9. The fraction of sp³-hybridized carbons (Fsp3) is 0.538. The van der Waals surface area contributed by atoms with E-state index in [9.17, 15) is 0 Å². The van der Waals surface area contributed by atoms with Crippen LogP contribution in [0, 0.1) is 6.07 Å². The summed E-state index contributed by atoms with van der Waals surface area (Å²) in [6.45, 7) is 6.92. The van der Waals surface area contributed by atoms with Gasteiger partial charge in [0.2, 0.25) is 0 Å². The van der Waals surface area contributed by atoms with Crippen molar-refractivity contribution in [3.05, 3.63) is 24.3 Å². The molecule has 0 fully saturated rings. The van der Waals surface area contributed by atoms with Gasteiger partial charge in [-0.3, -0.25) is 0 Å². The number of rotatable bonds is 6. The summed E-state index contributed by atoms with van der Waals surface area (Å²) in [5.41, 5.74) is 0. The molecule has 0 saturated heterocycles. The van der Waals surface area contributed by atoms with Gasteiger partial charge in [-0.1, -0.05) is 13.3 Å². The Hall–Kier alpha value is -1.18.